The Morgan fingerprint density at radius 3 is 2.26 bits per heavy atom. The Morgan fingerprint density at radius 2 is 1.65 bits per heavy atom. The van der Waals surface area contributed by atoms with E-state index in [0.29, 0.717) is 22.6 Å². The van der Waals surface area contributed by atoms with Gasteiger partial charge in [-0.05, 0) is 36.4 Å². The number of carbonyl (C=O) groups excluding carboxylic acids is 3. The third-order valence-electron chi connectivity index (χ3n) is 4.93. The van der Waals surface area contributed by atoms with Gasteiger partial charge in [-0.15, -0.1) is 0 Å². The zero-order chi connectivity index (χ0) is 22.0. The van der Waals surface area contributed by atoms with E-state index in [2.05, 4.69) is 10.3 Å². The number of aliphatic hydroxyl groups is 1. The van der Waals surface area contributed by atoms with Gasteiger partial charge in [-0.2, -0.15) is 0 Å². The van der Waals surface area contributed by atoms with Crippen LogP contribution in [0.4, 0.5) is 11.4 Å². The van der Waals surface area contributed by atoms with Crippen molar-refractivity contribution in [3.8, 4) is 0 Å². The Labute approximate surface area is 178 Å². The molecule has 1 aromatic heterocycles. The first-order chi connectivity index (χ1) is 15.0. The Kier molecular flexibility index (Phi) is 5.32. The number of hydrogen-bond acceptors (Lipinski definition) is 5. The number of benzene rings is 2. The van der Waals surface area contributed by atoms with Gasteiger partial charge in [0, 0.05) is 30.1 Å². The van der Waals surface area contributed by atoms with Crippen LogP contribution < -0.4 is 10.2 Å². The van der Waals surface area contributed by atoms with Crippen molar-refractivity contribution >= 4 is 34.7 Å². The molecule has 3 aromatic rings. The molecule has 1 unspecified atom stereocenters. The smallest absolute Gasteiger partial charge is 0.300 e. The maximum atomic E-state index is 13.0. The molecule has 1 saturated heterocycles. The number of amides is 2. The number of pyridine rings is 1. The third kappa shape index (κ3) is 3.81. The Balaban J connectivity index is 1.86. The summed E-state index contributed by atoms with van der Waals surface area (Å²) in [6, 6.07) is 19.4. The second-order valence-electron chi connectivity index (χ2n) is 7.02. The van der Waals surface area contributed by atoms with Crippen molar-refractivity contribution in [1.29, 1.82) is 0 Å². The summed E-state index contributed by atoms with van der Waals surface area (Å²) in [4.78, 5) is 43.0. The summed E-state index contributed by atoms with van der Waals surface area (Å²) >= 11 is 0. The first-order valence-electron chi connectivity index (χ1n) is 9.62. The molecule has 0 bridgehead atoms. The van der Waals surface area contributed by atoms with Gasteiger partial charge in [0.05, 0.1) is 11.3 Å². The molecular weight excluding hydrogens is 394 g/mol. The predicted molar refractivity (Wildman–Crippen MR) is 116 cm³/mol. The van der Waals surface area contributed by atoms with Crippen LogP contribution in [0.15, 0.2) is 84.6 Å². The van der Waals surface area contributed by atoms with Gasteiger partial charge >= 0.3 is 0 Å². The fourth-order valence-corrected chi connectivity index (χ4v) is 3.58. The van der Waals surface area contributed by atoms with Crippen LogP contribution in [0.5, 0.6) is 0 Å². The molecule has 2 aromatic carbocycles. The number of nitrogens with one attached hydrogen (secondary N) is 1. The summed E-state index contributed by atoms with van der Waals surface area (Å²) in [5.74, 6) is -2.03. The molecule has 1 aliphatic rings. The lowest BCUT2D eigenvalue weighted by atomic mass is 9.98. The molecule has 4 rings (SSSR count). The lowest BCUT2D eigenvalue weighted by Crippen LogP contribution is -2.29. The largest absolute Gasteiger partial charge is 0.507 e. The molecule has 0 saturated carbocycles. The lowest BCUT2D eigenvalue weighted by molar-refractivity contribution is -0.132. The van der Waals surface area contributed by atoms with Crippen molar-refractivity contribution in [2.45, 2.75) is 13.0 Å². The molecule has 2 N–H and O–H groups in total. The molecule has 2 heterocycles. The molecule has 0 radical (unpaired) electrons. The van der Waals surface area contributed by atoms with Gasteiger partial charge in [0.1, 0.15) is 11.8 Å². The van der Waals surface area contributed by atoms with E-state index >= 15 is 0 Å². The van der Waals surface area contributed by atoms with Gasteiger partial charge in [0.15, 0.2) is 0 Å². The van der Waals surface area contributed by atoms with Crippen molar-refractivity contribution in [3.63, 3.8) is 0 Å². The maximum absolute atomic E-state index is 13.0. The third-order valence-corrected chi connectivity index (χ3v) is 4.93. The highest BCUT2D eigenvalue weighted by atomic mass is 16.3. The minimum absolute atomic E-state index is 0.0270. The number of aliphatic hydroxyl groups excluding tert-OH is 1. The average Bonchev–Trinajstić information content (AvgIpc) is 3.05. The summed E-state index contributed by atoms with van der Waals surface area (Å²) < 4.78 is 0. The van der Waals surface area contributed by atoms with Crippen LogP contribution in [0, 0.1) is 0 Å². The molecule has 1 aliphatic heterocycles. The molecular formula is C24H19N3O4. The van der Waals surface area contributed by atoms with Crippen molar-refractivity contribution < 1.29 is 19.5 Å². The summed E-state index contributed by atoms with van der Waals surface area (Å²) in [6.45, 7) is 1.40. The molecule has 1 atom stereocenters. The zero-order valence-corrected chi connectivity index (χ0v) is 16.6. The number of Topliss-reactive ketones (excluding diaryl/α,β-unsaturated/α-hetero) is 1. The van der Waals surface area contributed by atoms with Crippen LogP contribution in [-0.2, 0) is 14.4 Å². The van der Waals surface area contributed by atoms with Crippen LogP contribution in [0.2, 0.25) is 0 Å². The molecule has 0 aliphatic carbocycles. The van der Waals surface area contributed by atoms with E-state index < -0.39 is 17.7 Å². The van der Waals surface area contributed by atoms with E-state index in [0.717, 1.165) is 0 Å². The summed E-state index contributed by atoms with van der Waals surface area (Å²) in [5, 5.41) is 13.6. The highest BCUT2D eigenvalue weighted by Crippen LogP contribution is 2.41. The highest BCUT2D eigenvalue weighted by Gasteiger charge is 2.47. The predicted octanol–water partition coefficient (Wildman–Crippen LogP) is 3.67. The summed E-state index contributed by atoms with van der Waals surface area (Å²) in [5.41, 5.74) is 1.86. The second kappa shape index (κ2) is 8.23. The summed E-state index contributed by atoms with van der Waals surface area (Å²) in [6.07, 6.45) is 1.57. The molecule has 1 fully saturated rings. The number of carbonyl (C=O) groups is 3. The normalized spacial score (nSPS) is 17.6. The Bertz CT molecular complexity index is 1170. The van der Waals surface area contributed by atoms with Crippen LogP contribution in [-0.4, -0.2) is 27.7 Å². The van der Waals surface area contributed by atoms with Crippen molar-refractivity contribution in [2.24, 2.45) is 0 Å². The topological polar surface area (TPSA) is 99.6 Å². The Hall–Kier alpha value is -4.26. The number of anilines is 2. The van der Waals surface area contributed by atoms with Crippen LogP contribution in [0.3, 0.4) is 0 Å². The highest BCUT2D eigenvalue weighted by molar-refractivity contribution is 6.51. The summed E-state index contributed by atoms with van der Waals surface area (Å²) in [7, 11) is 0. The van der Waals surface area contributed by atoms with E-state index in [4.69, 9.17) is 0 Å². The standard InChI is InChI=1S/C24H19N3O4/c1-15(28)26-17-10-12-18(13-11-17)27-21(19-9-5-6-14-25-19)20(23(30)24(27)31)22(29)16-7-3-2-4-8-16/h2-14,21,29H,1H3,(H,26,28)/b22-20-. The van der Waals surface area contributed by atoms with Gasteiger partial charge in [-0.1, -0.05) is 36.4 Å². The van der Waals surface area contributed by atoms with E-state index in [9.17, 15) is 19.5 Å². The quantitative estimate of drug-likeness (QED) is 0.386. The monoisotopic (exact) mass is 413 g/mol. The fourth-order valence-electron chi connectivity index (χ4n) is 3.58. The number of hydrogen-bond donors (Lipinski definition) is 2. The number of ketones is 1. The maximum Gasteiger partial charge on any atom is 0.300 e. The number of aromatic nitrogens is 1. The van der Waals surface area contributed by atoms with E-state index in [1.54, 1.807) is 79.0 Å². The number of rotatable bonds is 4. The van der Waals surface area contributed by atoms with Crippen LogP contribution in [0.1, 0.15) is 24.2 Å². The van der Waals surface area contributed by atoms with Gasteiger partial charge < -0.3 is 10.4 Å². The SMILES string of the molecule is CC(=O)Nc1ccc(N2C(=O)C(=O)/C(=C(\O)c3ccccc3)C2c2ccccn2)cc1. The molecule has 154 valence electrons. The van der Waals surface area contributed by atoms with E-state index in [1.165, 1.54) is 11.8 Å². The molecule has 31 heavy (non-hydrogen) atoms. The fraction of sp³-hybridized carbons (Fsp3) is 0.0833. The van der Waals surface area contributed by atoms with Gasteiger partial charge in [-0.25, -0.2) is 0 Å². The van der Waals surface area contributed by atoms with Gasteiger partial charge in [0.2, 0.25) is 5.91 Å². The van der Waals surface area contributed by atoms with Crippen molar-refractivity contribution in [1.82, 2.24) is 4.98 Å². The van der Waals surface area contributed by atoms with Crippen molar-refractivity contribution in [3.05, 3.63) is 95.8 Å². The Morgan fingerprint density at radius 1 is 0.968 bits per heavy atom. The van der Waals surface area contributed by atoms with Crippen LogP contribution in [0.25, 0.3) is 5.76 Å². The number of nitrogens with zero attached hydrogens (tertiary/aromatic N) is 2. The first-order valence-corrected chi connectivity index (χ1v) is 9.62. The van der Waals surface area contributed by atoms with Crippen molar-refractivity contribution in [2.75, 3.05) is 10.2 Å². The second-order valence-corrected chi connectivity index (χ2v) is 7.02. The minimum Gasteiger partial charge on any atom is -0.507 e. The molecule has 7 heteroatoms. The lowest BCUT2D eigenvalue weighted by Gasteiger charge is -2.24. The first kappa shape index (κ1) is 20.0. The molecule has 2 amide bonds. The van der Waals surface area contributed by atoms with Gasteiger partial charge in [0.25, 0.3) is 11.7 Å². The zero-order valence-electron chi connectivity index (χ0n) is 16.6. The molecule has 0 spiro atoms. The average molecular weight is 413 g/mol. The van der Waals surface area contributed by atoms with E-state index in [-0.39, 0.29) is 17.2 Å². The van der Waals surface area contributed by atoms with E-state index in [1.807, 2.05) is 0 Å². The van der Waals surface area contributed by atoms with Crippen LogP contribution >= 0.6 is 0 Å². The van der Waals surface area contributed by atoms with Gasteiger partial charge in [-0.3, -0.25) is 24.3 Å². The molecule has 7 nitrogen and oxygen atoms in total. The minimum atomic E-state index is -0.895.